The molecule has 2 aromatic carbocycles. The Hall–Kier alpha value is -2.41. The van der Waals surface area contributed by atoms with Gasteiger partial charge in [0.05, 0.1) is 5.75 Å². The maximum atomic E-state index is 13.1. The van der Waals surface area contributed by atoms with Gasteiger partial charge in [0.1, 0.15) is 11.6 Å². The van der Waals surface area contributed by atoms with E-state index in [1.165, 1.54) is 31.2 Å². The lowest BCUT2D eigenvalue weighted by atomic mass is 10.1. The highest BCUT2D eigenvalue weighted by Crippen LogP contribution is 2.19. The van der Waals surface area contributed by atoms with Gasteiger partial charge in [0.2, 0.25) is 0 Å². The Morgan fingerprint density at radius 3 is 2.19 bits per heavy atom. The van der Waals surface area contributed by atoms with Gasteiger partial charge in [-0.25, -0.2) is 4.39 Å². The quantitative estimate of drug-likeness (QED) is 0.636. The number of hydrogen-bond acceptors (Lipinski definition) is 4. The summed E-state index contributed by atoms with van der Waals surface area (Å²) >= 11 is 0. The summed E-state index contributed by atoms with van der Waals surface area (Å²) in [4.78, 5) is 14.6. The van der Waals surface area contributed by atoms with Crippen LogP contribution in [0.25, 0.3) is 0 Å². The molecule has 146 valence electrons. The van der Waals surface area contributed by atoms with Crippen LogP contribution in [-0.4, -0.2) is 31.0 Å². The first-order valence-electron chi connectivity index (χ1n) is 8.83. The molecule has 0 unspecified atom stereocenters. The lowest BCUT2D eigenvalue weighted by Gasteiger charge is -2.29. The van der Waals surface area contributed by atoms with Crippen LogP contribution < -0.4 is 4.18 Å². The first kappa shape index (κ1) is 20.9. The van der Waals surface area contributed by atoms with Gasteiger partial charge in [-0.2, -0.15) is 8.42 Å². The highest BCUT2D eigenvalue weighted by molar-refractivity contribution is 7.87. The van der Waals surface area contributed by atoms with Crippen LogP contribution in [-0.2, 0) is 16.7 Å². The Balaban J connectivity index is 2.18. The van der Waals surface area contributed by atoms with Crippen molar-refractivity contribution in [2.45, 2.75) is 39.8 Å². The highest BCUT2D eigenvalue weighted by Gasteiger charge is 2.21. The number of carbonyl (C=O) groups is 1. The molecule has 1 atom stereocenters. The van der Waals surface area contributed by atoms with E-state index >= 15 is 0 Å². The van der Waals surface area contributed by atoms with Gasteiger partial charge in [-0.1, -0.05) is 19.1 Å². The molecule has 0 aliphatic carbocycles. The summed E-state index contributed by atoms with van der Waals surface area (Å²) in [5, 5.41) is 0. The van der Waals surface area contributed by atoms with Crippen molar-refractivity contribution in [3.05, 3.63) is 65.5 Å². The Bertz CT molecular complexity index is 864. The van der Waals surface area contributed by atoms with Gasteiger partial charge in [0, 0.05) is 18.2 Å². The standard InChI is InChI=1S/C20H24FNO4S/c1-4-15(3)22(20(23)17-8-10-18(21)11-9-17)14-16-6-12-19(13-7-16)26-27(24,25)5-2/h6-13,15H,4-5,14H2,1-3H3/t15-/m1/s1. The fourth-order valence-electron chi connectivity index (χ4n) is 2.46. The molecule has 0 heterocycles. The molecule has 5 nitrogen and oxygen atoms in total. The molecule has 2 aromatic rings. The van der Waals surface area contributed by atoms with E-state index < -0.39 is 10.1 Å². The van der Waals surface area contributed by atoms with E-state index in [9.17, 15) is 17.6 Å². The Morgan fingerprint density at radius 2 is 1.67 bits per heavy atom. The van der Waals surface area contributed by atoms with E-state index in [-0.39, 0.29) is 29.3 Å². The second-order valence-electron chi connectivity index (χ2n) is 6.27. The van der Waals surface area contributed by atoms with Crippen molar-refractivity contribution >= 4 is 16.0 Å². The molecule has 27 heavy (non-hydrogen) atoms. The van der Waals surface area contributed by atoms with Gasteiger partial charge in [-0.3, -0.25) is 4.79 Å². The molecule has 0 aliphatic rings. The van der Waals surface area contributed by atoms with Crippen LogP contribution in [0.5, 0.6) is 5.75 Å². The van der Waals surface area contributed by atoms with Crippen LogP contribution in [0, 0.1) is 5.82 Å². The van der Waals surface area contributed by atoms with E-state index in [4.69, 9.17) is 4.18 Å². The molecule has 0 aliphatic heterocycles. The van der Waals surface area contributed by atoms with E-state index in [1.807, 2.05) is 13.8 Å². The molecule has 0 spiro atoms. The minimum absolute atomic E-state index is 0.0149. The average molecular weight is 393 g/mol. The lowest BCUT2D eigenvalue weighted by Crippen LogP contribution is -2.37. The first-order valence-corrected chi connectivity index (χ1v) is 10.4. The SMILES string of the molecule is CC[C@@H](C)N(Cc1ccc(OS(=O)(=O)CC)cc1)C(=O)c1ccc(F)cc1. The summed E-state index contributed by atoms with van der Waals surface area (Å²) in [7, 11) is -3.57. The normalized spacial score (nSPS) is 12.4. The van der Waals surface area contributed by atoms with Gasteiger partial charge < -0.3 is 9.08 Å². The predicted octanol–water partition coefficient (Wildman–Crippen LogP) is 4.00. The van der Waals surface area contributed by atoms with Crippen LogP contribution in [0.1, 0.15) is 43.1 Å². The molecule has 0 fully saturated rings. The molecule has 0 bridgehead atoms. The Kier molecular flexibility index (Phi) is 6.96. The maximum Gasteiger partial charge on any atom is 0.308 e. The third kappa shape index (κ3) is 5.79. The zero-order valence-corrected chi connectivity index (χ0v) is 16.5. The van der Waals surface area contributed by atoms with Gasteiger partial charge in [-0.05, 0) is 62.2 Å². The number of amides is 1. The van der Waals surface area contributed by atoms with E-state index in [1.54, 1.807) is 29.2 Å². The van der Waals surface area contributed by atoms with Crippen molar-refractivity contribution in [3.63, 3.8) is 0 Å². The molecule has 0 N–H and O–H groups in total. The van der Waals surface area contributed by atoms with Crippen molar-refractivity contribution in [2.24, 2.45) is 0 Å². The second kappa shape index (κ2) is 8.99. The minimum Gasteiger partial charge on any atom is -0.382 e. The number of benzene rings is 2. The molecule has 1 amide bonds. The summed E-state index contributed by atoms with van der Waals surface area (Å²) in [5.74, 6) is -0.444. The zero-order chi connectivity index (χ0) is 20.0. The Labute approximate surface area is 159 Å². The summed E-state index contributed by atoms with van der Waals surface area (Å²) in [5.41, 5.74) is 1.26. The highest BCUT2D eigenvalue weighted by atomic mass is 32.2. The second-order valence-corrected chi connectivity index (χ2v) is 8.13. The smallest absolute Gasteiger partial charge is 0.308 e. The number of nitrogens with zero attached hydrogens (tertiary/aromatic N) is 1. The van der Waals surface area contributed by atoms with Crippen molar-refractivity contribution in [2.75, 3.05) is 5.75 Å². The molecule has 2 rings (SSSR count). The molecular formula is C20H24FNO4S. The monoisotopic (exact) mass is 393 g/mol. The molecule has 0 aromatic heterocycles. The summed E-state index contributed by atoms with van der Waals surface area (Å²) < 4.78 is 41.1. The minimum atomic E-state index is -3.57. The average Bonchev–Trinajstić information content (AvgIpc) is 2.66. The van der Waals surface area contributed by atoms with Crippen molar-refractivity contribution in [1.29, 1.82) is 0 Å². The fraction of sp³-hybridized carbons (Fsp3) is 0.350. The zero-order valence-electron chi connectivity index (χ0n) is 15.7. The van der Waals surface area contributed by atoms with Crippen LogP contribution in [0.15, 0.2) is 48.5 Å². The van der Waals surface area contributed by atoms with E-state index in [2.05, 4.69) is 0 Å². The number of carbonyl (C=O) groups excluding carboxylic acids is 1. The molecular weight excluding hydrogens is 369 g/mol. The van der Waals surface area contributed by atoms with Gasteiger partial charge in [0.25, 0.3) is 5.91 Å². The number of rotatable bonds is 8. The first-order chi connectivity index (χ1) is 12.8. The molecule has 0 saturated carbocycles. The summed E-state index contributed by atoms with van der Waals surface area (Å²) in [6, 6.07) is 12.1. The van der Waals surface area contributed by atoms with E-state index in [0.29, 0.717) is 12.1 Å². The lowest BCUT2D eigenvalue weighted by molar-refractivity contribution is 0.0671. The molecule has 7 heteroatoms. The fourth-order valence-corrected chi connectivity index (χ4v) is 2.98. The third-order valence-corrected chi connectivity index (χ3v) is 5.48. The number of hydrogen-bond donors (Lipinski definition) is 0. The van der Waals surface area contributed by atoms with Crippen molar-refractivity contribution in [3.8, 4) is 5.75 Å². The topological polar surface area (TPSA) is 63.7 Å². The van der Waals surface area contributed by atoms with Crippen LogP contribution in [0.3, 0.4) is 0 Å². The van der Waals surface area contributed by atoms with Crippen LogP contribution >= 0.6 is 0 Å². The van der Waals surface area contributed by atoms with Crippen molar-refractivity contribution < 1.29 is 21.8 Å². The summed E-state index contributed by atoms with van der Waals surface area (Å²) in [6.45, 7) is 5.80. The van der Waals surface area contributed by atoms with Crippen molar-refractivity contribution in [1.82, 2.24) is 4.90 Å². The van der Waals surface area contributed by atoms with Crippen LogP contribution in [0.4, 0.5) is 4.39 Å². The van der Waals surface area contributed by atoms with E-state index in [0.717, 1.165) is 12.0 Å². The molecule has 0 saturated heterocycles. The van der Waals surface area contributed by atoms with Gasteiger partial charge in [0.15, 0.2) is 0 Å². The maximum absolute atomic E-state index is 13.1. The van der Waals surface area contributed by atoms with Gasteiger partial charge in [-0.15, -0.1) is 0 Å². The largest absolute Gasteiger partial charge is 0.382 e. The predicted molar refractivity (Wildman–Crippen MR) is 103 cm³/mol. The van der Waals surface area contributed by atoms with Crippen LogP contribution in [0.2, 0.25) is 0 Å². The Morgan fingerprint density at radius 1 is 1.07 bits per heavy atom. The molecule has 0 radical (unpaired) electrons. The number of halogens is 1. The third-order valence-electron chi connectivity index (χ3n) is 4.33. The summed E-state index contributed by atoms with van der Waals surface area (Å²) in [6.07, 6.45) is 0.767. The van der Waals surface area contributed by atoms with Gasteiger partial charge >= 0.3 is 10.1 Å².